The smallest absolute Gasteiger partial charge is 0.212 e. The standard InChI is InChI=1S/C35H38N3/c1-35(2)33(38(26-25-36(3)4)32-24-22-27-15-11-13-18-30(27)34(32)35)20-10-8-6-7-9-17-29-23-21-28-16-12-14-19-31(28)37(29)5/h6-24H,25-26H2,1-5H3/q+1. The van der Waals surface area contributed by atoms with Gasteiger partial charge in [-0.15, -0.1) is 0 Å². The summed E-state index contributed by atoms with van der Waals surface area (Å²) in [5, 5.41) is 3.91. The Balaban J connectivity index is 1.38. The molecular weight excluding hydrogens is 462 g/mol. The highest BCUT2D eigenvalue weighted by atomic mass is 15.2. The fourth-order valence-electron chi connectivity index (χ4n) is 5.60. The second kappa shape index (κ2) is 10.8. The zero-order valence-corrected chi connectivity index (χ0v) is 23.2. The Morgan fingerprint density at radius 1 is 0.789 bits per heavy atom. The summed E-state index contributed by atoms with van der Waals surface area (Å²) in [5.74, 6) is 0. The molecule has 0 N–H and O–H groups in total. The lowest BCUT2D eigenvalue weighted by atomic mass is 9.81. The average molecular weight is 501 g/mol. The Kier molecular flexibility index (Phi) is 7.31. The number of nitrogens with zero attached hydrogens (tertiary/aromatic N) is 3. The number of fused-ring (bicyclic) bond motifs is 4. The largest absolute Gasteiger partial charge is 0.343 e. The highest BCUT2D eigenvalue weighted by Gasteiger charge is 2.40. The van der Waals surface area contributed by atoms with Gasteiger partial charge in [0, 0.05) is 53.5 Å². The molecule has 1 aliphatic heterocycles. The predicted molar refractivity (Wildman–Crippen MR) is 163 cm³/mol. The van der Waals surface area contributed by atoms with Crippen LogP contribution in [0.3, 0.4) is 0 Å². The van der Waals surface area contributed by atoms with Crippen LogP contribution in [0.4, 0.5) is 5.69 Å². The van der Waals surface area contributed by atoms with E-state index < -0.39 is 0 Å². The van der Waals surface area contributed by atoms with Gasteiger partial charge in [-0.2, -0.15) is 4.57 Å². The van der Waals surface area contributed by atoms with Crippen molar-refractivity contribution < 1.29 is 4.57 Å². The van der Waals surface area contributed by atoms with Crippen LogP contribution in [0.2, 0.25) is 0 Å². The maximum Gasteiger partial charge on any atom is 0.212 e. The first kappa shape index (κ1) is 25.7. The van der Waals surface area contributed by atoms with Crippen molar-refractivity contribution in [3.8, 4) is 0 Å². The molecular formula is C35H38N3+. The molecule has 0 atom stereocenters. The number of benzene rings is 3. The van der Waals surface area contributed by atoms with Crippen LogP contribution >= 0.6 is 0 Å². The van der Waals surface area contributed by atoms with Gasteiger partial charge in [0.1, 0.15) is 7.05 Å². The highest BCUT2D eigenvalue weighted by molar-refractivity contribution is 5.94. The van der Waals surface area contributed by atoms with Crippen molar-refractivity contribution in [3.63, 3.8) is 0 Å². The molecule has 1 aromatic heterocycles. The van der Waals surface area contributed by atoms with Crippen molar-refractivity contribution in [3.05, 3.63) is 126 Å². The number of aryl methyl sites for hydroxylation is 1. The molecule has 0 spiro atoms. The number of allylic oxidation sites excluding steroid dienone is 7. The number of pyridine rings is 1. The van der Waals surface area contributed by atoms with Gasteiger partial charge in [0.15, 0.2) is 0 Å². The van der Waals surface area contributed by atoms with E-state index in [9.17, 15) is 0 Å². The lowest BCUT2D eigenvalue weighted by molar-refractivity contribution is -0.646. The summed E-state index contributed by atoms with van der Waals surface area (Å²) in [7, 11) is 6.40. The number of hydrogen-bond acceptors (Lipinski definition) is 2. The van der Waals surface area contributed by atoms with E-state index in [1.807, 2.05) is 0 Å². The Labute approximate surface area is 227 Å². The molecule has 0 amide bonds. The minimum atomic E-state index is -0.0820. The number of aromatic nitrogens is 1. The van der Waals surface area contributed by atoms with E-state index in [1.54, 1.807) is 0 Å². The van der Waals surface area contributed by atoms with E-state index in [4.69, 9.17) is 0 Å². The van der Waals surface area contributed by atoms with Crippen LogP contribution in [0, 0.1) is 0 Å². The minimum Gasteiger partial charge on any atom is -0.343 e. The van der Waals surface area contributed by atoms with Crippen LogP contribution in [-0.4, -0.2) is 32.1 Å². The van der Waals surface area contributed by atoms with Crippen molar-refractivity contribution in [1.29, 1.82) is 0 Å². The molecule has 0 radical (unpaired) electrons. The monoisotopic (exact) mass is 500 g/mol. The molecule has 38 heavy (non-hydrogen) atoms. The summed E-state index contributed by atoms with van der Waals surface area (Å²) in [6.45, 7) is 6.68. The first-order valence-electron chi connectivity index (χ1n) is 13.4. The van der Waals surface area contributed by atoms with Crippen molar-refractivity contribution >= 4 is 33.4 Å². The van der Waals surface area contributed by atoms with Crippen LogP contribution in [0.1, 0.15) is 25.1 Å². The normalized spacial score (nSPS) is 16.4. The third kappa shape index (κ3) is 4.94. The van der Waals surface area contributed by atoms with Gasteiger partial charge in [-0.1, -0.05) is 86.7 Å². The van der Waals surface area contributed by atoms with E-state index in [2.05, 4.69) is 165 Å². The molecule has 0 bridgehead atoms. The van der Waals surface area contributed by atoms with Gasteiger partial charge < -0.3 is 9.80 Å². The fourth-order valence-corrected chi connectivity index (χ4v) is 5.60. The highest BCUT2D eigenvalue weighted by Crippen LogP contribution is 2.50. The summed E-state index contributed by atoms with van der Waals surface area (Å²) in [6.07, 6.45) is 15.0. The summed E-state index contributed by atoms with van der Waals surface area (Å²) in [5.41, 5.74) is 6.42. The van der Waals surface area contributed by atoms with Crippen molar-refractivity contribution in [2.45, 2.75) is 19.3 Å². The van der Waals surface area contributed by atoms with Gasteiger partial charge in [0.25, 0.3) is 0 Å². The van der Waals surface area contributed by atoms with E-state index in [1.165, 1.54) is 44.3 Å². The zero-order valence-electron chi connectivity index (χ0n) is 23.2. The summed E-state index contributed by atoms with van der Waals surface area (Å²) in [6, 6.07) is 26.1. The van der Waals surface area contributed by atoms with Crippen LogP contribution in [0.5, 0.6) is 0 Å². The molecule has 5 rings (SSSR count). The molecule has 4 aromatic rings. The lowest BCUT2D eigenvalue weighted by Gasteiger charge is -2.28. The minimum absolute atomic E-state index is 0.0820. The van der Waals surface area contributed by atoms with Gasteiger partial charge in [0.2, 0.25) is 11.2 Å². The number of likely N-dealkylation sites (N-methyl/N-ethyl adjacent to an activating group) is 1. The fraction of sp³-hybridized carbons (Fsp3) is 0.229. The van der Waals surface area contributed by atoms with Gasteiger partial charge in [-0.05, 0) is 54.7 Å². The molecule has 3 heteroatoms. The van der Waals surface area contributed by atoms with E-state index in [0.717, 1.165) is 13.1 Å². The Morgan fingerprint density at radius 2 is 1.47 bits per heavy atom. The van der Waals surface area contributed by atoms with Crippen LogP contribution in [0.25, 0.3) is 27.8 Å². The third-order valence-corrected chi connectivity index (χ3v) is 7.61. The topological polar surface area (TPSA) is 10.4 Å². The molecule has 3 aromatic carbocycles. The Hall–Kier alpha value is -3.95. The Morgan fingerprint density at radius 3 is 2.29 bits per heavy atom. The van der Waals surface area contributed by atoms with E-state index >= 15 is 0 Å². The molecule has 2 heterocycles. The van der Waals surface area contributed by atoms with Crippen molar-refractivity contribution in [1.82, 2.24) is 4.90 Å². The van der Waals surface area contributed by atoms with Crippen molar-refractivity contribution in [2.24, 2.45) is 7.05 Å². The first-order valence-corrected chi connectivity index (χ1v) is 13.4. The maximum atomic E-state index is 2.51. The number of para-hydroxylation sites is 1. The van der Waals surface area contributed by atoms with Gasteiger partial charge >= 0.3 is 0 Å². The predicted octanol–water partition coefficient (Wildman–Crippen LogP) is 7.19. The zero-order chi connectivity index (χ0) is 26.7. The molecule has 0 unspecified atom stereocenters. The van der Waals surface area contributed by atoms with E-state index in [0.29, 0.717) is 0 Å². The third-order valence-electron chi connectivity index (χ3n) is 7.61. The Bertz CT molecular complexity index is 1580. The molecule has 1 aliphatic rings. The SMILES string of the molecule is CN(C)CCN1/C(=C/C=C/C=C/C=C/c2ccc3ccccc3[n+]2C)C(C)(C)c2c1ccc1ccccc21. The molecule has 0 fully saturated rings. The number of anilines is 1. The van der Waals surface area contributed by atoms with E-state index in [-0.39, 0.29) is 5.41 Å². The molecule has 3 nitrogen and oxygen atoms in total. The van der Waals surface area contributed by atoms with Crippen LogP contribution in [-0.2, 0) is 12.5 Å². The number of hydrogen-bond donors (Lipinski definition) is 0. The van der Waals surface area contributed by atoms with Gasteiger partial charge in [0.05, 0.1) is 0 Å². The second-order valence-corrected chi connectivity index (χ2v) is 10.8. The van der Waals surface area contributed by atoms with Gasteiger partial charge in [-0.3, -0.25) is 0 Å². The molecule has 0 saturated carbocycles. The first-order chi connectivity index (χ1) is 18.4. The molecule has 0 aliphatic carbocycles. The second-order valence-electron chi connectivity index (χ2n) is 10.8. The quantitative estimate of drug-likeness (QED) is 0.196. The molecule has 192 valence electrons. The number of rotatable bonds is 7. The lowest BCUT2D eigenvalue weighted by Crippen LogP contribution is -2.32. The molecule has 0 saturated heterocycles. The van der Waals surface area contributed by atoms with Gasteiger partial charge in [-0.25, -0.2) is 0 Å². The summed E-state index contributed by atoms with van der Waals surface area (Å²) >= 11 is 0. The van der Waals surface area contributed by atoms with Crippen LogP contribution < -0.4 is 9.47 Å². The average Bonchev–Trinajstić information content (AvgIpc) is 3.14. The summed E-state index contributed by atoms with van der Waals surface area (Å²) in [4.78, 5) is 4.76. The van der Waals surface area contributed by atoms with Crippen LogP contribution in [0.15, 0.2) is 115 Å². The van der Waals surface area contributed by atoms with Crippen molar-refractivity contribution in [2.75, 3.05) is 32.1 Å². The summed E-state index contributed by atoms with van der Waals surface area (Å²) < 4.78 is 2.23. The maximum absolute atomic E-state index is 2.51.